The van der Waals surface area contributed by atoms with E-state index < -0.39 is 15.7 Å². The molecule has 1 heterocycles. The van der Waals surface area contributed by atoms with Crippen molar-refractivity contribution in [2.24, 2.45) is 4.99 Å². The minimum Gasteiger partial charge on any atom is -0.355 e. The summed E-state index contributed by atoms with van der Waals surface area (Å²) in [7, 11) is -2.06. The Morgan fingerprint density at radius 2 is 1.71 bits per heavy atom. The molecule has 1 aliphatic heterocycles. The van der Waals surface area contributed by atoms with Crippen LogP contribution in [0.2, 0.25) is 0 Å². The molecule has 1 saturated heterocycles. The highest BCUT2D eigenvalue weighted by Gasteiger charge is 2.23. The number of aliphatic imine (C=N–C) groups is 1. The molecule has 2 aromatic carbocycles. The summed E-state index contributed by atoms with van der Waals surface area (Å²) in [6, 6.07) is 16.0. The highest BCUT2D eigenvalue weighted by molar-refractivity contribution is 14.0. The number of nitrogens with zero attached hydrogens (tertiary/aromatic N) is 2. The first-order chi connectivity index (χ1) is 14.5. The molecule has 6 nitrogen and oxygen atoms in total. The number of rotatable bonds is 8. The molecule has 1 fully saturated rings. The third-order valence-electron chi connectivity index (χ3n) is 5.29. The number of hydrogen-bond acceptors (Lipinski definition) is 4. The maximum absolute atomic E-state index is 13.8. The predicted octanol–water partition coefficient (Wildman–Crippen LogP) is 3.22. The Bertz CT molecular complexity index is 951. The maximum atomic E-state index is 13.8. The van der Waals surface area contributed by atoms with Crippen LogP contribution in [-0.2, 0) is 9.84 Å². The lowest BCUT2D eigenvalue weighted by molar-refractivity contribution is 0.245. The molecule has 2 N–H and O–H groups in total. The lowest BCUT2D eigenvalue weighted by Gasteiger charge is -2.29. The van der Waals surface area contributed by atoms with E-state index in [9.17, 15) is 12.8 Å². The maximum Gasteiger partial charge on any atom is 0.191 e. The Morgan fingerprint density at radius 3 is 2.35 bits per heavy atom. The molecule has 0 amide bonds. The SMILES string of the molecule is CN=C(NCCS(=O)(=O)c1ccccc1F)NCC(c1ccccc1)N1CCCC1.I. The normalized spacial score (nSPS) is 15.9. The van der Waals surface area contributed by atoms with Crippen LogP contribution in [0.4, 0.5) is 4.39 Å². The molecule has 9 heteroatoms. The van der Waals surface area contributed by atoms with Gasteiger partial charge in [-0.05, 0) is 43.6 Å². The van der Waals surface area contributed by atoms with Crippen LogP contribution < -0.4 is 10.6 Å². The Balaban J connectivity index is 0.00000341. The lowest BCUT2D eigenvalue weighted by Crippen LogP contribution is -2.43. The molecule has 170 valence electrons. The summed E-state index contributed by atoms with van der Waals surface area (Å²) in [5, 5.41) is 6.34. The molecule has 1 unspecified atom stereocenters. The first kappa shape index (κ1) is 25.5. The molecule has 0 saturated carbocycles. The van der Waals surface area contributed by atoms with Gasteiger partial charge >= 0.3 is 0 Å². The first-order valence-electron chi connectivity index (χ1n) is 10.2. The second-order valence-corrected chi connectivity index (χ2v) is 9.38. The van der Waals surface area contributed by atoms with Gasteiger partial charge in [0, 0.05) is 20.1 Å². The van der Waals surface area contributed by atoms with Crippen molar-refractivity contribution in [1.29, 1.82) is 0 Å². The van der Waals surface area contributed by atoms with Crippen molar-refractivity contribution in [2.45, 2.75) is 23.8 Å². The van der Waals surface area contributed by atoms with Gasteiger partial charge < -0.3 is 10.6 Å². The molecular formula is C22H30FIN4O2S. The molecule has 0 aliphatic carbocycles. The van der Waals surface area contributed by atoms with E-state index in [2.05, 4.69) is 32.7 Å². The topological polar surface area (TPSA) is 73.8 Å². The fraction of sp³-hybridized carbons (Fsp3) is 0.409. The zero-order valence-electron chi connectivity index (χ0n) is 17.6. The molecule has 0 bridgehead atoms. The van der Waals surface area contributed by atoms with Gasteiger partial charge in [0.15, 0.2) is 15.8 Å². The van der Waals surface area contributed by atoms with Crippen molar-refractivity contribution in [3.63, 3.8) is 0 Å². The zero-order chi connectivity index (χ0) is 21.4. The Morgan fingerprint density at radius 1 is 1.06 bits per heavy atom. The van der Waals surface area contributed by atoms with Crippen molar-refractivity contribution < 1.29 is 12.8 Å². The zero-order valence-corrected chi connectivity index (χ0v) is 20.8. The average Bonchev–Trinajstić information content (AvgIpc) is 3.28. The Hall–Kier alpha value is -1.72. The number of nitrogens with one attached hydrogen (secondary N) is 2. The number of hydrogen-bond donors (Lipinski definition) is 2. The van der Waals surface area contributed by atoms with E-state index in [4.69, 9.17) is 0 Å². The van der Waals surface area contributed by atoms with Crippen LogP contribution >= 0.6 is 24.0 Å². The Labute approximate surface area is 201 Å². The van der Waals surface area contributed by atoms with E-state index in [-0.39, 0.29) is 47.2 Å². The van der Waals surface area contributed by atoms with Gasteiger partial charge in [-0.25, -0.2) is 12.8 Å². The number of guanidine groups is 1. The summed E-state index contributed by atoms with van der Waals surface area (Å²) in [6.07, 6.45) is 2.40. The van der Waals surface area contributed by atoms with Crippen LogP contribution in [0.25, 0.3) is 0 Å². The van der Waals surface area contributed by atoms with Crippen molar-refractivity contribution in [2.75, 3.05) is 39.0 Å². The molecule has 3 rings (SSSR count). The first-order valence-corrected chi connectivity index (χ1v) is 11.9. The van der Waals surface area contributed by atoms with Crippen molar-refractivity contribution in [3.05, 3.63) is 66.0 Å². The van der Waals surface area contributed by atoms with Gasteiger partial charge in [0.05, 0.1) is 11.8 Å². The van der Waals surface area contributed by atoms with Gasteiger partial charge in [-0.15, -0.1) is 24.0 Å². The van der Waals surface area contributed by atoms with Gasteiger partial charge in [-0.2, -0.15) is 0 Å². The Kier molecular flexibility index (Phi) is 10.2. The number of benzene rings is 2. The fourth-order valence-electron chi connectivity index (χ4n) is 3.71. The minimum absolute atomic E-state index is 0. The lowest BCUT2D eigenvalue weighted by atomic mass is 10.1. The smallest absolute Gasteiger partial charge is 0.191 e. The van der Waals surface area contributed by atoms with Crippen molar-refractivity contribution >= 4 is 39.8 Å². The van der Waals surface area contributed by atoms with E-state index >= 15 is 0 Å². The molecule has 2 aromatic rings. The van der Waals surface area contributed by atoms with Gasteiger partial charge in [0.2, 0.25) is 0 Å². The quantitative estimate of drug-likeness (QED) is 0.295. The number of likely N-dealkylation sites (tertiary alicyclic amines) is 1. The highest BCUT2D eigenvalue weighted by atomic mass is 127. The standard InChI is InChI=1S/C22H29FN4O2S.HI/c1-24-22(25-13-16-30(28,29)21-12-6-5-11-19(21)23)26-17-20(27-14-7-8-15-27)18-9-3-2-4-10-18;/h2-6,9-12,20H,7-8,13-17H2,1H3,(H2,24,25,26);1H. The molecular weight excluding hydrogens is 530 g/mol. The summed E-state index contributed by atoms with van der Waals surface area (Å²) in [6.45, 7) is 2.92. The van der Waals surface area contributed by atoms with Crippen molar-refractivity contribution in [3.8, 4) is 0 Å². The third kappa shape index (κ3) is 7.15. The molecule has 1 atom stereocenters. The molecule has 0 aromatic heterocycles. The summed E-state index contributed by atoms with van der Waals surface area (Å²) in [5.41, 5.74) is 1.24. The summed E-state index contributed by atoms with van der Waals surface area (Å²) >= 11 is 0. The van der Waals surface area contributed by atoms with E-state index in [1.54, 1.807) is 7.05 Å². The molecule has 0 spiro atoms. The van der Waals surface area contributed by atoms with Gasteiger partial charge in [0.1, 0.15) is 10.7 Å². The van der Waals surface area contributed by atoms with Gasteiger partial charge in [-0.3, -0.25) is 9.89 Å². The van der Waals surface area contributed by atoms with E-state index in [1.807, 2.05) is 18.2 Å². The van der Waals surface area contributed by atoms with Crippen LogP contribution in [0.1, 0.15) is 24.4 Å². The second kappa shape index (κ2) is 12.4. The molecule has 31 heavy (non-hydrogen) atoms. The molecule has 1 aliphatic rings. The van der Waals surface area contributed by atoms with Crippen LogP contribution in [0.3, 0.4) is 0 Å². The minimum atomic E-state index is -3.71. The van der Waals surface area contributed by atoms with E-state index in [1.165, 1.54) is 36.6 Å². The highest BCUT2D eigenvalue weighted by Crippen LogP contribution is 2.24. The fourth-order valence-corrected chi connectivity index (χ4v) is 4.95. The van der Waals surface area contributed by atoms with Gasteiger partial charge in [0.25, 0.3) is 0 Å². The predicted molar refractivity (Wildman–Crippen MR) is 133 cm³/mol. The van der Waals surface area contributed by atoms with Gasteiger partial charge in [-0.1, -0.05) is 42.5 Å². The largest absolute Gasteiger partial charge is 0.355 e. The van der Waals surface area contributed by atoms with Crippen LogP contribution in [0, 0.1) is 5.82 Å². The average molecular weight is 560 g/mol. The summed E-state index contributed by atoms with van der Waals surface area (Å²) < 4.78 is 38.6. The van der Waals surface area contributed by atoms with E-state index in [0.717, 1.165) is 19.2 Å². The summed E-state index contributed by atoms with van der Waals surface area (Å²) in [4.78, 5) is 6.38. The number of sulfone groups is 1. The summed E-state index contributed by atoms with van der Waals surface area (Å²) in [5.74, 6) is -0.418. The number of halogens is 2. The van der Waals surface area contributed by atoms with Crippen LogP contribution in [0.5, 0.6) is 0 Å². The second-order valence-electron chi connectivity index (χ2n) is 7.30. The van der Waals surface area contributed by atoms with E-state index in [0.29, 0.717) is 12.5 Å². The van der Waals surface area contributed by atoms with Crippen LogP contribution in [0.15, 0.2) is 64.5 Å². The van der Waals surface area contributed by atoms with Crippen LogP contribution in [-0.4, -0.2) is 58.3 Å². The monoisotopic (exact) mass is 560 g/mol. The third-order valence-corrected chi connectivity index (χ3v) is 7.03. The van der Waals surface area contributed by atoms with Crippen molar-refractivity contribution in [1.82, 2.24) is 15.5 Å². The molecule has 0 radical (unpaired) electrons.